The predicted octanol–water partition coefficient (Wildman–Crippen LogP) is 6.56. The van der Waals surface area contributed by atoms with Gasteiger partial charge < -0.3 is 0 Å². The molecule has 0 nitrogen and oxygen atoms in total. The third-order valence-electron chi connectivity index (χ3n) is 5.19. The van der Waals surface area contributed by atoms with Gasteiger partial charge in [-0.05, 0) is 55.8 Å². The van der Waals surface area contributed by atoms with Gasteiger partial charge in [-0.2, -0.15) is 0 Å². The minimum atomic E-state index is -0.309. The molecule has 0 atom stereocenters. The minimum absolute atomic E-state index is 0.309. The van der Waals surface area contributed by atoms with E-state index in [2.05, 4.69) is 121 Å². The molecule has 0 amide bonds. The van der Waals surface area contributed by atoms with E-state index in [1.54, 1.807) is 9.79 Å². The van der Waals surface area contributed by atoms with Crippen LogP contribution in [0.25, 0.3) is 0 Å². The van der Waals surface area contributed by atoms with Crippen molar-refractivity contribution in [2.24, 2.45) is 0 Å². The van der Waals surface area contributed by atoms with Gasteiger partial charge in [-0.15, -0.1) is 0 Å². The van der Waals surface area contributed by atoms with Crippen molar-refractivity contribution in [3.8, 4) is 0 Å². The summed E-state index contributed by atoms with van der Waals surface area (Å²) in [7, 11) is -0.618. The van der Waals surface area contributed by atoms with E-state index in [0.717, 1.165) is 0 Å². The van der Waals surface area contributed by atoms with Gasteiger partial charge >= 0.3 is 27.8 Å². The zero-order valence-electron chi connectivity index (χ0n) is 18.3. The largest absolute Gasteiger partial charge is 0.0622 e. The first-order valence-corrected chi connectivity index (χ1v) is 16.4. The van der Waals surface area contributed by atoms with Crippen LogP contribution in [0.4, 0.5) is 0 Å². The van der Waals surface area contributed by atoms with Crippen molar-refractivity contribution in [1.29, 1.82) is 0 Å². The second-order valence-corrected chi connectivity index (χ2v) is 14.5. The van der Waals surface area contributed by atoms with Crippen LogP contribution in [-0.4, -0.2) is 12.3 Å². The first-order valence-electron chi connectivity index (χ1n) is 11.1. The van der Waals surface area contributed by atoms with E-state index in [4.69, 9.17) is 0 Å². The number of hydrogen-bond donors (Lipinski definition) is 0. The van der Waals surface area contributed by atoms with Crippen LogP contribution in [-0.2, 0) is 18.0 Å². The average Bonchev–Trinajstić information content (AvgIpc) is 3.76. The topological polar surface area (TPSA) is 0 Å². The Morgan fingerprint density at radius 3 is 0.906 bits per heavy atom. The molecular weight excluding hydrogens is 517 g/mol. The molecule has 5 rings (SSSR count). The van der Waals surface area contributed by atoms with Gasteiger partial charge in [-0.25, -0.2) is 0 Å². The van der Waals surface area contributed by atoms with E-state index in [1.807, 2.05) is 0 Å². The zero-order chi connectivity index (χ0) is 21.8. The Labute approximate surface area is 204 Å². The number of rotatable bonds is 8. The smallest absolute Gasteiger partial charge is 0.0195 e. The Morgan fingerprint density at radius 2 is 0.688 bits per heavy atom. The molecular formula is C29H30P2Pd. The van der Waals surface area contributed by atoms with E-state index in [9.17, 15) is 0 Å². The standard InChI is InChI=1S/C27H26P2.C2H4.Pd/c1-5-14-24(15-6-1)28(25-16-7-2-8-17-25)22-13-23-29(26-18-9-3-10-19-26)27-20-11-4-12-21-27;1-2;/h1-12,14-21H,13,22-23H2;1-2H2;. The Balaban J connectivity index is 0.000000754. The van der Waals surface area contributed by atoms with Gasteiger partial charge in [-0.3, -0.25) is 0 Å². The molecule has 3 heteroatoms. The van der Waals surface area contributed by atoms with Crippen molar-refractivity contribution < 1.29 is 18.0 Å². The van der Waals surface area contributed by atoms with Crippen molar-refractivity contribution in [2.45, 2.75) is 16.2 Å². The minimum Gasteiger partial charge on any atom is -0.0622 e. The summed E-state index contributed by atoms with van der Waals surface area (Å²) in [5, 5.41) is 5.94. The van der Waals surface area contributed by atoms with Crippen LogP contribution in [0.3, 0.4) is 0 Å². The summed E-state index contributed by atoms with van der Waals surface area (Å²) in [6, 6.07) is 44.3. The fourth-order valence-electron chi connectivity index (χ4n) is 3.63. The molecule has 1 saturated heterocycles. The van der Waals surface area contributed by atoms with Gasteiger partial charge in [0.15, 0.2) is 0 Å². The van der Waals surface area contributed by atoms with E-state index in [0.29, 0.717) is 0 Å². The van der Waals surface area contributed by atoms with Crippen LogP contribution in [0.2, 0.25) is 9.79 Å². The van der Waals surface area contributed by atoms with Crippen molar-refractivity contribution in [1.82, 2.24) is 0 Å². The van der Waals surface area contributed by atoms with E-state index >= 15 is 0 Å². The summed E-state index contributed by atoms with van der Waals surface area (Å²) in [6.07, 6.45) is 3.72. The maximum Gasteiger partial charge on any atom is -0.0195 e. The second-order valence-electron chi connectivity index (χ2n) is 7.47. The molecule has 0 spiro atoms. The molecule has 1 aliphatic heterocycles. The molecule has 4 aromatic carbocycles. The van der Waals surface area contributed by atoms with E-state index < -0.39 is 0 Å². The molecule has 0 aliphatic carbocycles. The molecule has 1 fully saturated rings. The van der Waals surface area contributed by atoms with Crippen LogP contribution in [0.1, 0.15) is 6.42 Å². The van der Waals surface area contributed by atoms with E-state index in [-0.39, 0.29) is 15.8 Å². The van der Waals surface area contributed by atoms with Gasteiger partial charge in [-0.1, -0.05) is 121 Å². The third-order valence-corrected chi connectivity index (χ3v) is 11.2. The van der Waals surface area contributed by atoms with Gasteiger partial charge in [0.1, 0.15) is 0 Å². The SMILES string of the molecule is [CH2]1[CH2][Pd]1.c1ccc(P(CCCP(c2ccccc2)c2ccccc2)c2ccccc2)cc1. The summed E-state index contributed by atoms with van der Waals surface area (Å²) < 4.78 is 0. The quantitative estimate of drug-likeness (QED) is 0.173. The van der Waals surface area contributed by atoms with E-state index in [1.165, 1.54) is 57.9 Å². The predicted molar refractivity (Wildman–Crippen MR) is 142 cm³/mol. The molecule has 0 saturated carbocycles. The van der Waals surface area contributed by atoms with Crippen LogP contribution in [0.15, 0.2) is 121 Å². The van der Waals surface area contributed by atoms with Crippen LogP contribution in [0, 0.1) is 0 Å². The molecule has 0 aromatic heterocycles. The third kappa shape index (κ3) is 7.48. The summed E-state index contributed by atoms with van der Waals surface area (Å²) in [6.45, 7) is 0. The molecule has 32 heavy (non-hydrogen) atoms. The molecule has 166 valence electrons. The van der Waals surface area contributed by atoms with Crippen molar-refractivity contribution in [2.75, 3.05) is 12.3 Å². The van der Waals surface area contributed by atoms with Crippen molar-refractivity contribution in [3.63, 3.8) is 0 Å². The molecule has 0 unspecified atom stereocenters. The summed E-state index contributed by atoms with van der Waals surface area (Å²) >= 11 is 1.20. The monoisotopic (exact) mass is 546 g/mol. The number of benzene rings is 4. The Kier molecular flexibility index (Phi) is 9.71. The molecule has 0 N–H and O–H groups in total. The Hall–Kier alpha value is -1.60. The summed E-state index contributed by atoms with van der Waals surface area (Å²) in [5.74, 6) is 0. The molecule has 0 radical (unpaired) electrons. The Bertz CT molecular complexity index is 857. The average molecular weight is 547 g/mol. The number of hydrogen-bond acceptors (Lipinski definition) is 0. The van der Waals surface area contributed by atoms with Gasteiger partial charge in [0.25, 0.3) is 0 Å². The summed E-state index contributed by atoms with van der Waals surface area (Å²) in [5.41, 5.74) is 0. The van der Waals surface area contributed by atoms with Gasteiger partial charge in [0, 0.05) is 0 Å². The van der Waals surface area contributed by atoms with Gasteiger partial charge in [0.2, 0.25) is 0 Å². The normalized spacial score (nSPS) is 12.6. The maximum atomic E-state index is 2.30. The maximum absolute atomic E-state index is 2.30. The first kappa shape index (κ1) is 23.6. The molecule has 4 aromatic rings. The Morgan fingerprint density at radius 1 is 0.438 bits per heavy atom. The van der Waals surface area contributed by atoms with Crippen LogP contribution in [0.5, 0.6) is 0 Å². The van der Waals surface area contributed by atoms with Crippen molar-refractivity contribution >= 4 is 37.1 Å². The van der Waals surface area contributed by atoms with Crippen molar-refractivity contribution in [3.05, 3.63) is 121 Å². The van der Waals surface area contributed by atoms with Crippen LogP contribution < -0.4 is 21.2 Å². The second kappa shape index (κ2) is 13.2. The first-order chi connectivity index (χ1) is 15.9. The zero-order valence-corrected chi connectivity index (χ0v) is 21.6. The summed E-state index contributed by atoms with van der Waals surface area (Å²) in [4.78, 5) is 3.10. The van der Waals surface area contributed by atoms with Gasteiger partial charge in [0.05, 0.1) is 0 Å². The fraction of sp³-hybridized carbons (Fsp3) is 0.172. The molecule has 1 heterocycles. The molecule has 1 aliphatic rings. The molecule has 0 bridgehead atoms. The van der Waals surface area contributed by atoms with Crippen LogP contribution >= 0.6 is 15.8 Å². The fourth-order valence-corrected chi connectivity index (χ4v) is 8.59.